The Labute approximate surface area is 211 Å². The monoisotopic (exact) mass is 493 g/mol. The second-order valence-corrected chi connectivity index (χ2v) is 9.69. The van der Waals surface area contributed by atoms with Crippen LogP contribution in [0.4, 0.5) is 5.69 Å². The number of carbonyl (C=O) groups is 3. The van der Waals surface area contributed by atoms with Gasteiger partial charge in [0, 0.05) is 18.3 Å². The largest absolute Gasteiger partial charge is 0.394 e. The number of aryl methyl sites for hydroxylation is 3. The Morgan fingerprint density at radius 2 is 1.78 bits per heavy atom. The smallest absolute Gasteiger partial charge is 0.247 e. The number of aliphatic hydroxyl groups is 1. The standard InChI is InChI=1S/C27H35N5O4/c28-22(12-9-17-5-2-1-3-6-17)27(36)32-15-21(31-25(34)23(29)16-33)14-24(32)26(35)30-20-11-10-18-7-4-8-19(18)13-20/h1-3,5-6,10-11,13,21-24,33H,4,7-9,12,14-16,28-29H2,(H,30,35)(H,31,34)/t21-,22+,23+,24+/m1/s1. The van der Waals surface area contributed by atoms with Gasteiger partial charge < -0.3 is 32.1 Å². The summed E-state index contributed by atoms with van der Waals surface area (Å²) >= 11 is 0. The molecule has 3 amide bonds. The van der Waals surface area contributed by atoms with Crippen molar-refractivity contribution in [2.75, 3.05) is 18.5 Å². The van der Waals surface area contributed by atoms with Gasteiger partial charge in [-0.1, -0.05) is 36.4 Å². The molecule has 192 valence electrons. The maximum absolute atomic E-state index is 13.4. The van der Waals surface area contributed by atoms with Gasteiger partial charge in [0.25, 0.3) is 0 Å². The molecule has 1 aliphatic carbocycles. The highest BCUT2D eigenvalue weighted by molar-refractivity contribution is 5.98. The van der Waals surface area contributed by atoms with Crippen LogP contribution >= 0.6 is 0 Å². The van der Waals surface area contributed by atoms with Gasteiger partial charge in [0.2, 0.25) is 17.7 Å². The molecule has 4 rings (SSSR count). The van der Waals surface area contributed by atoms with E-state index in [1.165, 1.54) is 16.0 Å². The number of hydrogen-bond acceptors (Lipinski definition) is 6. The molecule has 0 radical (unpaired) electrons. The van der Waals surface area contributed by atoms with Crippen LogP contribution in [0.3, 0.4) is 0 Å². The molecule has 0 spiro atoms. The lowest BCUT2D eigenvalue weighted by Gasteiger charge is -2.26. The predicted molar refractivity (Wildman–Crippen MR) is 137 cm³/mol. The van der Waals surface area contributed by atoms with Crippen LogP contribution in [0, 0.1) is 0 Å². The average Bonchev–Trinajstić information content (AvgIpc) is 3.53. The van der Waals surface area contributed by atoms with Crippen molar-refractivity contribution >= 4 is 23.4 Å². The molecule has 4 atom stereocenters. The Kier molecular flexibility index (Phi) is 8.35. The van der Waals surface area contributed by atoms with E-state index in [1.807, 2.05) is 48.5 Å². The molecule has 0 aromatic heterocycles. The topological polar surface area (TPSA) is 151 Å². The Balaban J connectivity index is 1.46. The third-order valence-electron chi connectivity index (χ3n) is 7.04. The van der Waals surface area contributed by atoms with Crippen molar-refractivity contribution in [2.45, 2.75) is 62.7 Å². The van der Waals surface area contributed by atoms with E-state index in [0.29, 0.717) is 18.5 Å². The molecule has 1 saturated heterocycles. The molecular formula is C27H35N5O4. The first-order valence-corrected chi connectivity index (χ1v) is 12.5. The number of carbonyl (C=O) groups excluding carboxylic acids is 3. The molecule has 1 fully saturated rings. The van der Waals surface area contributed by atoms with E-state index in [0.717, 1.165) is 24.8 Å². The summed E-state index contributed by atoms with van der Waals surface area (Å²) in [4.78, 5) is 40.4. The van der Waals surface area contributed by atoms with Crippen LogP contribution in [-0.4, -0.2) is 65.0 Å². The van der Waals surface area contributed by atoms with Gasteiger partial charge in [-0.15, -0.1) is 0 Å². The fourth-order valence-corrected chi connectivity index (χ4v) is 5.00. The summed E-state index contributed by atoms with van der Waals surface area (Å²) in [6, 6.07) is 12.6. The van der Waals surface area contributed by atoms with Gasteiger partial charge >= 0.3 is 0 Å². The number of nitrogens with zero attached hydrogens (tertiary/aromatic N) is 1. The molecule has 36 heavy (non-hydrogen) atoms. The van der Waals surface area contributed by atoms with Crippen LogP contribution in [0.25, 0.3) is 0 Å². The molecular weight excluding hydrogens is 458 g/mol. The average molecular weight is 494 g/mol. The Hall–Kier alpha value is -3.27. The zero-order chi connectivity index (χ0) is 25.7. The van der Waals surface area contributed by atoms with Gasteiger partial charge in [0.05, 0.1) is 12.6 Å². The number of nitrogens with two attached hydrogens (primary N) is 2. The number of aliphatic hydroxyl groups excluding tert-OH is 1. The summed E-state index contributed by atoms with van der Waals surface area (Å²) in [5.74, 6) is -1.18. The van der Waals surface area contributed by atoms with Gasteiger partial charge in [0.1, 0.15) is 12.1 Å². The summed E-state index contributed by atoms with van der Waals surface area (Å²) in [5, 5.41) is 14.9. The fourth-order valence-electron chi connectivity index (χ4n) is 5.00. The summed E-state index contributed by atoms with van der Waals surface area (Å²) in [7, 11) is 0. The zero-order valence-electron chi connectivity index (χ0n) is 20.4. The third-order valence-corrected chi connectivity index (χ3v) is 7.04. The highest BCUT2D eigenvalue weighted by atomic mass is 16.3. The fraction of sp³-hybridized carbons (Fsp3) is 0.444. The van der Waals surface area contributed by atoms with Crippen molar-refractivity contribution in [3.63, 3.8) is 0 Å². The predicted octanol–water partition coefficient (Wildman–Crippen LogP) is 0.479. The molecule has 0 saturated carbocycles. The maximum Gasteiger partial charge on any atom is 0.247 e. The molecule has 1 aliphatic heterocycles. The van der Waals surface area contributed by atoms with E-state index in [-0.39, 0.29) is 24.8 Å². The van der Waals surface area contributed by atoms with E-state index in [9.17, 15) is 19.5 Å². The van der Waals surface area contributed by atoms with Crippen LogP contribution in [0.5, 0.6) is 0 Å². The number of likely N-dealkylation sites (tertiary alicyclic amines) is 1. The van der Waals surface area contributed by atoms with Crippen molar-refractivity contribution < 1.29 is 19.5 Å². The summed E-state index contributed by atoms with van der Waals surface area (Å²) in [6.07, 6.45) is 4.45. The number of benzene rings is 2. The lowest BCUT2D eigenvalue weighted by atomic mass is 10.0. The second kappa shape index (κ2) is 11.6. The minimum Gasteiger partial charge on any atom is -0.394 e. The highest BCUT2D eigenvalue weighted by Gasteiger charge is 2.41. The van der Waals surface area contributed by atoms with Gasteiger partial charge in [-0.25, -0.2) is 0 Å². The third kappa shape index (κ3) is 6.10. The first-order chi connectivity index (χ1) is 17.4. The molecule has 0 bridgehead atoms. The van der Waals surface area contributed by atoms with E-state index in [1.54, 1.807) is 0 Å². The first-order valence-electron chi connectivity index (χ1n) is 12.5. The van der Waals surface area contributed by atoms with Crippen molar-refractivity contribution in [2.24, 2.45) is 11.5 Å². The van der Waals surface area contributed by atoms with Gasteiger partial charge in [-0.3, -0.25) is 14.4 Å². The molecule has 2 aliphatic rings. The zero-order valence-corrected chi connectivity index (χ0v) is 20.4. The molecule has 0 unspecified atom stereocenters. The number of amides is 3. The number of fused-ring (bicyclic) bond motifs is 1. The summed E-state index contributed by atoms with van der Waals surface area (Å²) < 4.78 is 0. The molecule has 2 aromatic rings. The van der Waals surface area contributed by atoms with Crippen molar-refractivity contribution in [1.82, 2.24) is 10.2 Å². The highest BCUT2D eigenvalue weighted by Crippen LogP contribution is 2.26. The number of rotatable bonds is 9. The van der Waals surface area contributed by atoms with Crippen LogP contribution in [-0.2, 0) is 33.6 Å². The SMILES string of the molecule is N[C@@H](CO)C(=O)N[C@@H]1C[C@@H](C(=O)Nc2ccc3c(c2)CCC3)N(C(=O)[C@@H](N)CCc2ccccc2)C1. The Morgan fingerprint density at radius 1 is 1.03 bits per heavy atom. The van der Waals surface area contributed by atoms with Crippen LogP contribution in [0.1, 0.15) is 36.0 Å². The normalized spacial score (nSPS) is 20.5. The van der Waals surface area contributed by atoms with Crippen LogP contribution in [0.2, 0.25) is 0 Å². The van der Waals surface area contributed by atoms with Gasteiger partial charge in [0.15, 0.2) is 0 Å². The first kappa shape index (κ1) is 25.8. The maximum atomic E-state index is 13.4. The summed E-state index contributed by atoms with van der Waals surface area (Å²) in [5.41, 5.74) is 16.2. The quantitative estimate of drug-likeness (QED) is 0.343. The van der Waals surface area contributed by atoms with Crippen molar-refractivity contribution in [1.29, 1.82) is 0 Å². The van der Waals surface area contributed by atoms with E-state index >= 15 is 0 Å². The lowest BCUT2D eigenvalue weighted by Crippen LogP contribution is -2.51. The van der Waals surface area contributed by atoms with Crippen molar-refractivity contribution in [3.8, 4) is 0 Å². The minimum atomic E-state index is -1.07. The number of anilines is 1. The number of hydrogen-bond donors (Lipinski definition) is 5. The lowest BCUT2D eigenvalue weighted by molar-refractivity contribution is -0.137. The summed E-state index contributed by atoms with van der Waals surface area (Å²) in [6.45, 7) is -0.349. The second-order valence-electron chi connectivity index (χ2n) is 9.69. The number of nitrogens with one attached hydrogen (secondary N) is 2. The molecule has 1 heterocycles. The Morgan fingerprint density at radius 3 is 2.53 bits per heavy atom. The molecule has 9 heteroatoms. The van der Waals surface area contributed by atoms with E-state index in [4.69, 9.17) is 11.5 Å². The van der Waals surface area contributed by atoms with E-state index < -0.39 is 36.7 Å². The molecule has 7 N–H and O–H groups in total. The van der Waals surface area contributed by atoms with Crippen LogP contribution in [0.15, 0.2) is 48.5 Å². The van der Waals surface area contributed by atoms with Gasteiger partial charge in [-0.05, 0) is 67.3 Å². The molecule has 9 nitrogen and oxygen atoms in total. The van der Waals surface area contributed by atoms with E-state index in [2.05, 4.69) is 10.6 Å². The molecule has 2 aromatic carbocycles. The minimum absolute atomic E-state index is 0.143. The Bertz CT molecular complexity index is 1090. The van der Waals surface area contributed by atoms with Crippen molar-refractivity contribution in [3.05, 3.63) is 65.2 Å². The van der Waals surface area contributed by atoms with Gasteiger partial charge in [-0.2, -0.15) is 0 Å². The van der Waals surface area contributed by atoms with Crippen LogP contribution < -0.4 is 22.1 Å².